The van der Waals surface area contributed by atoms with E-state index < -0.39 is 11.7 Å². The van der Waals surface area contributed by atoms with Crippen LogP contribution in [0.1, 0.15) is 37.3 Å². The summed E-state index contributed by atoms with van der Waals surface area (Å²) in [5.74, 6) is 0. The molecule has 0 saturated carbocycles. The summed E-state index contributed by atoms with van der Waals surface area (Å²) in [6, 6.07) is 7.92. The van der Waals surface area contributed by atoms with E-state index in [1.54, 1.807) is 6.07 Å². The highest BCUT2D eigenvalue weighted by molar-refractivity contribution is 5.67. The van der Waals surface area contributed by atoms with Crippen LogP contribution in [0.25, 0.3) is 5.57 Å². The van der Waals surface area contributed by atoms with Crippen molar-refractivity contribution in [1.82, 2.24) is 4.90 Å². The number of rotatable bonds is 4. The first kappa shape index (κ1) is 16.6. The summed E-state index contributed by atoms with van der Waals surface area (Å²) in [4.78, 5) is 2.26. The Hall–Kier alpha value is -1.80. The number of nitrogens with zero attached hydrogens (tertiary/aromatic N) is 2. The monoisotopic (exact) mass is 308 g/mol. The first-order valence-corrected chi connectivity index (χ1v) is 7.39. The largest absolute Gasteiger partial charge is 0.416 e. The van der Waals surface area contributed by atoms with Gasteiger partial charge in [0, 0.05) is 19.0 Å². The van der Waals surface area contributed by atoms with Gasteiger partial charge in [0.1, 0.15) is 0 Å². The van der Waals surface area contributed by atoms with Crippen LogP contribution in [0.3, 0.4) is 0 Å². The molecule has 0 N–H and O–H groups in total. The van der Waals surface area contributed by atoms with Crippen LogP contribution in [0.2, 0.25) is 0 Å². The molecule has 0 aromatic heterocycles. The second-order valence-electron chi connectivity index (χ2n) is 5.62. The average molecular weight is 308 g/mol. The summed E-state index contributed by atoms with van der Waals surface area (Å²) in [7, 11) is 0. The molecule has 1 heterocycles. The topological polar surface area (TPSA) is 27.0 Å². The number of hydrogen-bond donors (Lipinski definition) is 0. The van der Waals surface area contributed by atoms with Crippen molar-refractivity contribution < 1.29 is 13.2 Å². The summed E-state index contributed by atoms with van der Waals surface area (Å²) < 4.78 is 38.4. The molecule has 2 rings (SSSR count). The van der Waals surface area contributed by atoms with E-state index in [1.807, 2.05) is 6.08 Å². The third-order valence-electron chi connectivity index (χ3n) is 4.01. The lowest BCUT2D eigenvalue weighted by Gasteiger charge is -2.33. The maximum absolute atomic E-state index is 12.8. The summed E-state index contributed by atoms with van der Waals surface area (Å²) >= 11 is 0. The predicted molar refractivity (Wildman–Crippen MR) is 79.9 cm³/mol. The van der Waals surface area contributed by atoms with Crippen molar-refractivity contribution in [2.45, 2.75) is 38.4 Å². The van der Waals surface area contributed by atoms with E-state index >= 15 is 0 Å². The fraction of sp³-hybridized carbons (Fsp3) is 0.471. The maximum atomic E-state index is 12.8. The van der Waals surface area contributed by atoms with Gasteiger partial charge in [0.25, 0.3) is 0 Å². The van der Waals surface area contributed by atoms with Gasteiger partial charge < -0.3 is 0 Å². The van der Waals surface area contributed by atoms with Crippen LogP contribution in [-0.4, -0.2) is 24.0 Å². The molecule has 0 radical (unpaired) electrons. The van der Waals surface area contributed by atoms with Crippen LogP contribution >= 0.6 is 0 Å². The third kappa shape index (κ3) is 4.11. The van der Waals surface area contributed by atoms with Crippen LogP contribution < -0.4 is 0 Å². The van der Waals surface area contributed by atoms with Gasteiger partial charge in [0.05, 0.1) is 11.6 Å². The van der Waals surface area contributed by atoms with Crippen LogP contribution in [0.15, 0.2) is 30.3 Å². The van der Waals surface area contributed by atoms with Gasteiger partial charge in [-0.3, -0.25) is 4.90 Å². The van der Waals surface area contributed by atoms with E-state index in [2.05, 4.69) is 17.9 Å². The third-order valence-corrected chi connectivity index (χ3v) is 4.01. The van der Waals surface area contributed by atoms with Crippen molar-refractivity contribution in [2.75, 3.05) is 13.1 Å². The average Bonchev–Trinajstić information content (AvgIpc) is 2.48. The Bertz CT molecular complexity index is 584. The minimum Gasteiger partial charge on any atom is -0.297 e. The molecule has 1 atom stereocenters. The van der Waals surface area contributed by atoms with E-state index in [0.29, 0.717) is 12.0 Å². The SMILES string of the molecule is CC1CC(c2cccc(C(F)(F)F)c2)=CCN1CCCC#N. The minimum absolute atomic E-state index is 0.272. The molecule has 22 heavy (non-hydrogen) atoms. The molecule has 0 bridgehead atoms. The zero-order valence-corrected chi connectivity index (χ0v) is 12.5. The molecule has 1 aromatic rings. The number of unbranched alkanes of at least 4 members (excludes halogenated alkanes) is 1. The second-order valence-corrected chi connectivity index (χ2v) is 5.62. The summed E-state index contributed by atoms with van der Waals surface area (Å²) in [6.07, 6.45) is -0.211. The lowest BCUT2D eigenvalue weighted by atomic mass is 9.93. The molecule has 1 aliphatic heterocycles. The molecule has 1 aliphatic rings. The van der Waals surface area contributed by atoms with E-state index in [-0.39, 0.29) is 6.04 Å². The highest BCUT2D eigenvalue weighted by atomic mass is 19.4. The first-order chi connectivity index (χ1) is 10.4. The Kier molecular flexibility index (Phi) is 5.25. The van der Waals surface area contributed by atoms with E-state index in [1.165, 1.54) is 12.1 Å². The minimum atomic E-state index is -4.31. The molecule has 0 aliphatic carbocycles. The molecule has 1 aromatic carbocycles. The molecule has 0 amide bonds. The van der Waals surface area contributed by atoms with Gasteiger partial charge in [0.15, 0.2) is 0 Å². The normalized spacial score (nSPS) is 19.6. The summed E-state index contributed by atoms with van der Waals surface area (Å²) in [5, 5.41) is 8.57. The molecular formula is C17H19F3N2. The number of alkyl halides is 3. The van der Waals surface area contributed by atoms with Crippen molar-refractivity contribution in [2.24, 2.45) is 0 Å². The van der Waals surface area contributed by atoms with E-state index in [9.17, 15) is 13.2 Å². The molecule has 2 nitrogen and oxygen atoms in total. The molecule has 0 fully saturated rings. The van der Waals surface area contributed by atoms with Crippen molar-refractivity contribution in [1.29, 1.82) is 5.26 Å². The Morgan fingerprint density at radius 3 is 2.77 bits per heavy atom. The van der Waals surface area contributed by atoms with Crippen molar-refractivity contribution in [3.8, 4) is 6.07 Å². The number of benzene rings is 1. The van der Waals surface area contributed by atoms with Gasteiger partial charge in [-0.05, 0) is 49.6 Å². The highest BCUT2D eigenvalue weighted by Crippen LogP contribution is 2.33. The van der Waals surface area contributed by atoms with Crippen molar-refractivity contribution in [3.05, 3.63) is 41.5 Å². The second kappa shape index (κ2) is 6.97. The molecule has 0 saturated heterocycles. The van der Waals surface area contributed by atoms with Crippen LogP contribution in [0.5, 0.6) is 0 Å². The van der Waals surface area contributed by atoms with E-state index in [0.717, 1.165) is 37.6 Å². The first-order valence-electron chi connectivity index (χ1n) is 7.39. The van der Waals surface area contributed by atoms with Gasteiger partial charge in [-0.2, -0.15) is 18.4 Å². The number of hydrogen-bond acceptors (Lipinski definition) is 2. The Morgan fingerprint density at radius 1 is 1.36 bits per heavy atom. The standard InChI is InChI=1S/C17H19F3N2/c1-13-11-15(7-10-22(13)9-3-2-8-21)14-5-4-6-16(12-14)17(18,19)20/h4-7,12-13H,2-3,9-11H2,1H3. The Labute approximate surface area is 128 Å². The zero-order valence-electron chi connectivity index (χ0n) is 12.5. The Balaban J connectivity index is 2.10. The fourth-order valence-electron chi connectivity index (χ4n) is 2.74. The molecular weight excluding hydrogens is 289 g/mol. The van der Waals surface area contributed by atoms with Crippen LogP contribution in [0.4, 0.5) is 13.2 Å². The highest BCUT2D eigenvalue weighted by Gasteiger charge is 2.31. The fourth-order valence-corrected chi connectivity index (χ4v) is 2.74. The number of halogens is 3. The quantitative estimate of drug-likeness (QED) is 0.766. The molecule has 118 valence electrons. The Morgan fingerprint density at radius 2 is 2.14 bits per heavy atom. The van der Waals surface area contributed by atoms with Crippen LogP contribution in [-0.2, 0) is 6.18 Å². The van der Waals surface area contributed by atoms with E-state index in [4.69, 9.17) is 5.26 Å². The van der Waals surface area contributed by atoms with Gasteiger partial charge in [-0.1, -0.05) is 18.2 Å². The maximum Gasteiger partial charge on any atom is 0.416 e. The molecule has 1 unspecified atom stereocenters. The van der Waals surface area contributed by atoms with Gasteiger partial charge >= 0.3 is 6.18 Å². The van der Waals surface area contributed by atoms with Gasteiger partial charge in [0.2, 0.25) is 0 Å². The smallest absolute Gasteiger partial charge is 0.297 e. The molecule has 5 heteroatoms. The lowest BCUT2D eigenvalue weighted by molar-refractivity contribution is -0.137. The van der Waals surface area contributed by atoms with Crippen molar-refractivity contribution in [3.63, 3.8) is 0 Å². The van der Waals surface area contributed by atoms with Crippen molar-refractivity contribution >= 4 is 5.57 Å². The zero-order chi connectivity index (χ0) is 16.2. The predicted octanol–water partition coefficient (Wildman–Crippen LogP) is 4.49. The van der Waals surface area contributed by atoms with Crippen LogP contribution in [0, 0.1) is 11.3 Å². The lowest BCUT2D eigenvalue weighted by Crippen LogP contribution is -2.37. The summed E-state index contributed by atoms with van der Waals surface area (Å²) in [5.41, 5.74) is 1.02. The molecule has 0 spiro atoms. The van der Waals surface area contributed by atoms with Gasteiger partial charge in [-0.25, -0.2) is 0 Å². The summed E-state index contributed by atoms with van der Waals surface area (Å²) in [6.45, 7) is 3.65. The number of nitriles is 1. The van der Waals surface area contributed by atoms with Gasteiger partial charge in [-0.15, -0.1) is 0 Å².